The molecule has 0 spiro atoms. The molecule has 2 aromatic heterocycles. The molecule has 2 aliphatic heterocycles. The molecule has 0 N–H and O–H groups in total. The summed E-state index contributed by atoms with van der Waals surface area (Å²) in [6.45, 7) is 3.38. The quantitative estimate of drug-likeness (QED) is 0.809. The van der Waals surface area contributed by atoms with E-state index in [1.165, 1.54) is 0 Å². The zero-order chi connectivity index (χ0) is 15.8. The van der Waals surface area contributed by atoms with Gasteiger partial charge in [-0.05, 0) is 6.42 Å². The number of aryl methyl sites for hydroxylation is 1. The van der Waals surface area contributed by atoms with Crippen LogP contribution >= 0.6 is 11.8 Å². The van der Waals surface area contributed by atoms with Crippen molar-refractivity contribution in [3.63, 3.8) is 0 Å². The second-order valence-electron chi connectivity index (χ2n) is 6.07. The molecule has 0 bridgehead atoms. The molecule has 2 saturated heterocycles. The van der Waals surface area contributed by atoms with Crippen molar-refractivity contribution in [1.82, 2.24) is 24.6 Å². The minimum atomic E-state index is 0.0831. The van der Waals surface area contributed by atoms with Gasteiger partial charge in [-0.2, -0.15) is 16.9 Å². The van der Waals surface area contributed by atoms with Crippen molar-refractivity contribution in [1.29, 1.82) is 0 Å². The predicted molar refractivity (Wildman–Crippen MR) is 90.5 cm³/mol. The van der Waals surface area contributed by atoms with Crippen LogP contribution in [0.5, 0.6) is 0 Å². The van der Waals surface area contributed by atoms with Crippen LogP contribution in [-0.2, 0) is 11.8 Å². The summed E-state index contributed by atoms with van der Waals surface area (Å²) in [5.74, 6) is 3.41. The van der Waals surface area contributed by atoms with Gasteiger partial charge in [0.1, 0.15) is 12.1 Å². The Kier molecular flexibility index (Phi) is 3.84. The van der Waals surface area contributed by atoms with E-state index < -0.39 is 0 Å². The number of carbonyl (C=O) groups is 1. The number of nitrogens with zero attached hydrogens (tertiary/aromatic N) is 6. The van der Waals surface area contributed by atoms with Gasteiger partial charge in [0.05, 0.1) is 17.5 Å². The van der Waals surface area contributed by atoms with Gasteiger partial charge < -0.3 is 9.80 Å². The van der Waals surface area contributed by atoms with Gasteiger partial charge in [-0.15, -0.1) is 0 Å². The van der Waals surface area contributed by atoms with Crippen LogP contribution in [0.2, 0.25) is 0 Å². The number of aromatic nitrogens is 4. The average Bonchev–Trinajstić information content (AvgIpc) is 3.22. The van der Waals surface area contributed by atoms with Crippen LogP contribution in [0.15, 0.2) is 12.5 Å². The monoisotopic (exact) mass is 332 g/mol. The van der Waals surface area contributed by atoms with Crippen molar-refractivity contribution in [3.8, 4) is 0 Å². The first-order valence-electron chi connectivity index (χ1n) is 7.98. The first kappa shape index (κ1) is 14.7. The number of rotatable bonds is 2. The zero-order valence-electron chi connectivity index (χ0n) is 13.2. The van der Waals surface area contributed by atoms with E-state index in [1.54, 1.807) is 11.0 Å². The van der Waals surface area contributed by atoms with E-state index in [0.29, 0.717) is 5.91 Å². The van der Waals surface area contributed by atoms with Gasteiger partial charge in [-0.25, -0.2) is 9.97 Å². The molecule has 7 nitrogen and oxygen atoms in total. The molecule has 23 heavy (non-hydrogen) atoms. The van der Waals surface area contributed by atoms with Crippen molar-refractivity contribution in [3.05, 3.63) is 12.5 Å². The van der Waals surface area contributed by atoms with Gasteiger partial charge in [-0.1, -0.05) is 0 Å². The number of fused-ring (bicyclic) bond motifs is 1. The van der Waals surface area contributed by atoms with E-state index in [1.807, 2.05) is 29.9 Å². The van der Waals surface area contributed by atoms with Crippen LogP contribution < -0.4 is 4.90 Å². The smallest absolute Gasteiger partial charge is 0.227 e. The largest absolute Gasteiger partial charge is 0.355 e. The maximum atomic E-state index is 12.7. The highest BCUT2D eigenvalue weighted by Crippen LogP contribution is 2.28. The number of hydrogen-bond acceptors (Lipinski definition) is 6. The lowest BCUT2D eigenvalue weighted by molar-refractivity contribution is -0.134. The molecule has 4 rings (SSSR count). The summed E-state index contributed by atoms with van der Waals surface area (Å²) in [5, 5.41) is 5.22. The Bertz CT molecular complexity index is 726. The molecule has 8 heteroatoms. The third-order valence-electron chi connectivity index (χ3n) is 4.67. The Balaban J connectivity index is 1.52. The molecule has 2 fully saturated rings. The van der Waals surface area contributed by atoms with E-state index in [9.17, 15) is 4.79 Å². The third-order valence-corrected chi connectivity index (χ3v) is 5.61. The second kappa shape index (κ2) is 5.99. The lowest BCUT2D eigenvalue weighted by atomic mass is 10.1. The highest BCUT2D eigenvalue weighted by atomic mass is 32.2. The number of thioether (sulfide) groups is 1. The standard InChI is InChI=1S/C15H20N6OS/c1-19-13-12(8-18-19)14(17-10-16-13)21-3-2-11(9-21)15(22)20-4-6-23-7-5-20/h8,10-11H,2-7,9H2,1H3. The first-order chi connectivity index (χ1) is 11.2. The van der Waals surface area contributed by atoms with Crippen molar-refractivity contribution in [2.45, 2.75) is 6.42 Å². The molecule has 1 amide bonds. The fourth-order valence-electron chi connectivity index (χ4n) is 3.40. The molecule has 0 saturated carbocycles. The minimum Gasteiger partial charge on any atom is -0.355 e. The molecule has 2 aromatic rings. The lowest BCUT2D eigenvalue weighted by Crippen LogP contribution is -2.42. The predicted octanol–water partition coefficient (Wildman–Crippen LogP) is 0.765. The van der Waals surface area contributed by atoms with Crippen LogP contribution in [0.25, 0.3) is 11.0 Å². The molecule has 2 aliphatic rings. The first-order valence-corrected chi connectivity index (χ1v) is 9.13. The minimum absolute atomic E-state index is 0.0831. The van der Waals surface area contributed by atoms with Crippen molar-refractivity contribution >= 4 is 34.5 Å². The van der Waals surface area contributed by atoms with Crippen LogP contribution in [0.1, 0.15) is 6.42 Å². The number of amides is 1. The lowest BCUT2D eigenvalue weighted by Gasteiger charge is -2.29. The molecule has 122 valence electrons. The highest BCUT2D eigenvalue weighted by molar-refractivity contribution is 7.99. The molecule has 1 unspecified atom stereocenters. The van der Waals surface area contributed by atoms with Gasteiger partial charge in [0, 0.05) is 44.7 Å². The van der Waals surface area contributed by atoms with E-state index in [0.717, 1.165) is 61.0 Å². The van der Waals surface area contributed by atoms with E-state index in [-0.39, 0.29) is 5.92 Å². The summed E-state index contributed by atoms with van der Waals surface area (Å²) in [5.41, 5.74) is 0.831. The van der Waals surface area contributed by atoms with Crippen LogP contribution in [0.3, 0.4) is 0 Å². The second-order valence-corrected chi connectivity index (χ2v) is 7.30. The Morgan fingerprint density at radius 2 is 2.09 bits per heavy atom. The summed E-state index contributed by atoms with van der Waals surface area (Å²) < 4.78 is 1.75. The molecular formula is C15H20N6OS. The number of hydrogen-bond donors (Lipinski definition) is 0. The number of carbonyl (C=O) groups excluding carboxylic acids is 1. The van der Waals surface area contributed by atoms with Gasteiger partial charge in [-0.3, -0.25) is 9.48 Å². The Labute approximate surface area is 139 Å². The highest BCUT2D eigenvalue weighted by Gasteiger charge is 2.33. The fourth-order valence-corrected chi connectivity index (χ4v) is 4.30. The van der Waals surface area contributed by atoms with Crippen LogP contribution in [-0.4, -0.2) is 68.2 Å². The Morgan fingerprint density at radius 1 is 1.26 bits per heavy atom. The molecule has 0 aliphatic carbocycles. The summed E-state index contributed by atoms with van der Waals surface area (Å²) in [4.78, 5) is 25.6. The van der Waals surface area contributed by atoms with Gasteiger partial charge in [0.2, 0.25) is 5.91 Å². The van der Waals surface area contributed by atoms with E-state index >= 15 is 0 Å². The van der Waals surface area contributed by atoms with E-state index in [2.05, 4.69) is 20.0 Å². The third kappa shape index (κ3) is 2.65. The molecular weight excluding hydrogens is 312 g/mol. The fraction of sp³-hybridized carbons (Fsp3) is 0.600. The van der Waals surface area contributed by atoms with Gasteiger partial charge in [0.15, 0.2) is 5.65 Å². The van der Waals surface area contributed by atoms with Gasteiger partial charge >= 0.3 is 0 Å². The van der Waals surface area contributed by atoms with Crippen LogP contribution in [0, 0.1) is 5.92 Å². The van der Waals surface area contributed by atoms with Crippen LogP contribution in [0.4, 0.5) is 5.82 Å². The average molecular weight is 332 g/mol. The maximum Gasteiger partial charge on any atom is 0.227 e. The van der Waals surface area contributed by atoms with Crippen molar-refractivity contribution in [2.75, 3.05) is 42.6 Å². The molecule has 0 radical (unpaired) electrons. The Morgan fingerprint density at radius 3 is 2.91 bits per heavy atom. The SMILES string of the molecule is Cn1ncc2c(N3CCC(C(=O)N4CCSCC4)C3)ncnc21. The van der Waals surface area contributed by atoms with E-state index in [4.69, 9.17) is 0 Å². The molecule has 1 atom stereocenters. The summed E-state index contributed by atoms with van der Waals surface area (Å²) in [6, 6.07) is 0. The summed E-state index contributed by atoms with van der Waals surface area (Å²) >= 11 is 1.93. The Hall–Kier alpha value is -1.83. The molecule has 0 aromatic carbocycles. The van der Waals surface area contributed by atoms with Crippen molar-refractivity contribution in [2.24, 2.45) is 13.0 Å². The number of anilines is 1. The normalized spacial score (nSPS) is 22.0. The summed E-state index contributed by atoms with van der Waals surface area (Å²) in [7, 11) is 1.88. The van der Waals surface area contributed by atoms with Crippen molar-refractivity contribution < 1.29 is 4.79 Å². The molecule has 4 heterocycles. The maximum absolute atomic E-state index is 12.7. The zero-order valence-corrected chi connectivity index (χ0v) is 14.0. The van der Waals surface area contributed by atoms with Gasteiger partial charge in [0.25, 0.3) is 0 Å². The topological polar surface area (TPSA) is 67.2 Å². The summed E-state index contributed by atoms with van der Waals surface area (Å²) in [6.07, 6.45) is 4.28.